The number of rotatable bonds is 4. The molecule has 0 fully saturated rings. The number of H-pyrrole nitrogens is 1. The molecule has 0 amide bonds. The van der Waals surface area contributed by atoms with Gasteiger partial charge < -0.3 is 4.98 Å². The summed E-state index contributed by atoms with van der Waals surface area (Å²) in [4.78, 5) is 24.2. The van der Waals surface area contributed by atoms with E-state index in [1.54, 1.807) is 12.3 Å². The number of hydrogen-bond donors (Lipinski definition) is 1. The number of fused-ring (bicyclic) bond motifs is 1. The Balaban J connectivity index is 1.65. The Morgan fingerprint density at radius 2 is 1.92 bits per heavy atom. The molecule has 7 heteroatoms. The minimum Gasteiger partial charge on any atom is -0.309 e. The second-order valence-electron chi connectivity index (χ2n) is 5.78. The molecule has 1 unspecified atom stereocenters. The van der Waals surface area contributed by atoms with Gasteiger partial charge in [-0.1, -0.05) is 35.5 Å². The van der Waals surface area contributed by atoms with Crippen molar-refractivity contribution in [3.05, 3.63) is 82.1 Å². The number of thioether (sulfide) groups is 1. The summed E-state index contributed by atoms with van der Waals surface area (Å²) in [5.74, 6) is 0.629. The predicted octanol–water partition coefficient (Wildman–Crippen LogP) is 4.62. The van der Waals surface area contributed by atoms with Gasteiger partial charge in [0.05, 0.1) is 16.2 Å². The first-order valence-electron chi connectivity index (χ1n) is 8.07. The minimum atomic E-state index is -0.126. The Bertz CT molecular complexity index is 1120. The summed E-state index contributed by atoms with van der Waals surface area (Å²) >= 11 is 7.50. The van der Waals surface area contributed by atoms with Crippen molar-refractivity contribution < 1.29 is 0 Å². The number of nitrogens with one attached hydrogen (secondary N) is 1. The van der Waals surface area contributed by atoms with Gasteiger partial charge in [-0.2, -0.15) is 0 Å². The highest BCUT2D eigenvalue weighted by Gasteiger charge is 2.16. The van der Waals surface area contributed by atoms with Gasteiger partial charge in [-0.25, -0.2) is 9.97 Å². The maximum absolute atomic E-state index is 12.3. The van der Waals surface area contributed by atoms with Gasteiger partial charge in [0, 0.05) is 23.1 Å². The topological polar surface area (TPSA) is 63.6 Å². The largest absolute Gasteiger partial charge is 0.309 e. The molecule has 0 spiro atoms. The molecule has 0 aliphatic carbocycles. The van der Waals surface area contributed by atoms with Gasteiger partial charge in [0.15, 0.2) is 5.16 Å². The third-order valence-electron chi connectivity index (χ3n) is 4.01. The van der Waals surface area contributed by atoms with Gasteiger partial charge in [-0.15, -0.1) is 0 Å². The maximum Gasteiger partial charge on any atom is 0.258 e. The minimum absolute atomic E-state index is 0.0687. The van der Waals surface area contributed by atoms with Crippen molar-refractivity contribution in [1.82, 2.24) is 19.5 Å². The number of halogens is 1. The normalized spacial score (nSPS) is 12.4. The van der Waals surface area contributed by atoms with Crippen LogP contribution in [0.2, 0.25) is 5.02 Å². The summed E-state index contributed by atoms with van der Waals surface area (Å²) in [6.45, 7) is 2.00. The molecule has 2 heterocycles. The summed E-state index contributed by atoms with van der Waals surface area (Å²) in [5, 5.41) is 2.03. The number of para-hydroxylation sites is 1. The first-order chi connectivity index (χ1) is 12.6. The molecular weight excluding hydrogens is 368 g/mol. The van der Waals surface area contributed by atoms with Crippen LogP contribution in [0.25, 0.3) is 16.6 Å². The zero-order chi connectivity index (χ0) is 18.1. The third kappa shape index (κ3) is 3.25. The Kier molecular flexibility index (Phi) is 4.53. The molecular formula is C19H15ClN4OS. The average Bonchev–Trinajstić information content (AvgIpc) is 3.10. The molecule has 26 heavy (non-hydrogen) atoms. The molecule has 130 valence electrons. The Hall–Kier alpha value is -2.57. The van der Waals surface area contributed by atoms with E-state index >= 15 is 0 Å². The quantitative estimate of drug-likeness (QED) is 0.523. The highest BCUT2D eigenvalue weighted by molar-refractivity contribution is 7.99. The van der Waals surface area contributed by atoms with E-state index in [0.29, 0.717) is 21.7 Å². The van der Waals surface area contributed by atoms with Crippen LogP contribution in [0.3, 0.4) is 0 Å². The number of aromatic nitrogens is 4. The van der Waals surface area contributed by atoms with Gasteiger partial charge in [-0.05, 0) is 43.3 Å². The summed E-state index contributed by atoms with van der Waals surface area (Å²) in [5.41, 5.74) is 1.54. The molecule has 0 radical (unpaired) electrons. The van der Waals surface area contributed by atoms with Crippen LogP contribution >= 0.6 is 23.4 Å². The maximum atomic E-state index is 12.3. The van der Waals surface area contributed by atoms with Crippen LogP contribution in [0.1, 0.15) is 18.0 Å². The van der Waals surface area contributed by atoms with E-state index < -0.39 is 0 Å². The van der Waals surface area contributed by atoms with Crippen molar-refractivity contribution in [1.29, 1.82) is 0 Å². The van der Waals surface area contributed by atoms with Crippen molar-refractivity contribution in [3.8, 4) is 5.69 Å². The van der Waals surface area contributed by atoms with Crippen molar-refractivity contribution in [3.63, 3.8) is 0 Å². The molecule has 0 saturated heterocycles. The number of aromatic amines is 1. The number of benzene rings is 2. The molecule has 0 bridgehead atoms. The lowest BCUT2D eigenvalue weighted by Gasteiger charge is -2.13. The van der Waals surface area contributed by atoms with E-state index in [0.717, 1.165) is 10.8 Å². The lowest BCUT2D eigenvalue weighted by Crippen LogP contribution is -2.13. The SMILES string of the molecule is CC(Sc1nccn1-c1ccc(Cl)cc1)c1nc2ccccc2c(=O)[nH]1. The molecule has 2 aromatic heterocycles. The van der Waals surface area contributed by atoms with E-state index in [9.17, 15) is 4.79 Å². The Labute approximate surface area is 159 Å². The third-order valence-corrected chi connectivity index (χ3v) is 5.35. The first-order valence-corrected chi connectivity index (χ1v) is 9.32. The standard InChI is InChI=1S/C19H15ClN4OS/c1-12(17-22-16-5-3-2-4-15(16)18(25)23-17)26-19-21-10-11-24(19)14-8-6-13(20)7-9-14/h2-12H,1H3,(H,22,23,25). The molecule has 0 saturated carbocycles. The van der Waals surface area contributed by atoms with E-state index in [4.69, 9.17) is 11.6 Å². The molecule has 0 aliphatic heterocycles. The van der Waals surface area contributed by atoms with E-state index in [2.05, 4.69) is 15.0 Å². The number of nitrogens with zero attached hydrogens (tertiary/aromatic N) is 3. The van der Waals surface area contributed by atoms with Crippen LogP contribution < -0.4 is 5.56 Å². The fourth-order valence-electron chi connectivity index (χ4n) is 2.69. The van der Waals surface area contributed by atoms with Crippen molar-refractivity contribution in [2.45, 2.75) is 17.3 Å². The summed E-state index contributed by atoms with van der Waals surface area (Å²) in [6, 6.07) is 14.9. The molecule has 1 atom stereocenters. The molecule has 4 aromatic rings. The van der Waals surface area contributed by atoms with Gasteiger partial charge in [0.1, 0.15) is 5.82 Å². The highest BCUT2D eigenvalue weighted by atomic mass is 35.5. The van der Waals surface area contributed by atoms with Crippen molar-refractivity contribution >= 4 is 34.3 Å². The van der Waals surface area contributed by atoms with Crippen molar-refractivity contribution in [2.24, 2.45) is 0 Å². The second kappa shape index (κ2) is 6.97. The van der Waals surface area contributed by atoms with Crippen LogP contribution in [0.4, 0.5) is 0 Å². The molecule has 5 nitrogen and oxygen atoms in total. The van der Waals surface area contributed by atoms with Gasteiger partial charge >= 0.3 is 0 Å². The molecule has 4 rings (SSSR count). The fourth-order valence-corrected chi connectivity index (χ4v) is 3.75. The Morgan fingerprint density at radius 3 is 2.73 bits per heavy atom. The summed E-state index contributed by atoms with van der Waals surface area (Å²) in [7, 11) is 0. The van der Waals surface area contributed by atoms with Gasteiger partial charge in [0.25, 0.3) is 5.56 Å². The van der Waals surface area contributed by atoms with Gasteiger partial charge in [0.2, 0.25) is 0 Å². The molecule has 2 aromatic carbocycles. The Morgan fingerprint density at radius 1 is 1.15 bits per heavy atom. The predicted molar refractivity (Wildman–Crippen MR) is 105 cm³/mol. The van der Waals surface area contributed by atoms with Crippen LogP contribution in [0.5, 0.6) is 0 Å². The van der Waals surface area contributed by atoms with E-state index in [1.807, 2.05) is 60.2 Å². The number of imidazole rings is 1. The van der Waals surface area contributed by atoms with E-state index in [1.165, 1.54) is 11.8 Å². The first kappa shape index (κ1) is 16.9. The number of hydrogen-bond acceptors (Lipinski definition) is 4. The lowest BCUT2D eigenvalue weighted by molar-refractivity contribution is 0.869. The summed E-state index contributed by atoms with van der Waals surface area (Å²) in [6.07, 6.45) is 3.65. The second-order valence-corrected chi connectivity index (χ2v) is 7.53. The zero-order valence-electron chi connectivity index (χ0n) is 13.9. The highest BCUT2D eigenvalue weighted by Crippen LogP contribution is 2.33. The fraction of sp³-hybridized carbons (Fsp3) is 0.105. The molecule has 0 aliphatic rings. The van der Waals surface area contributed by atoms with Crippen molar-refractivity contribution in [2.75, 3.05) is 0 Å². The summed E-state index contributed by atoms with van der Waals surface area (Å²) < 4.78 is 1.98. The molecule has 1 N–H and O–H groups in total. The average molecular weight is 383 g/mol. The smallest absolute Gasteiger partial charge is 0.258 e. The van der Waals surface area contributed by atoms with Crippen LogP contribution in [-0.4, -0.2) is 19.5 Å². The van der Waals surface area contributed by atoms with E-state index in [-0.39, 0.29) is 10.8 Å². The van der Waals surface area contributed by atoms with Crippen LogP contribution in [0.15, 0.2) is 70.9 Å². The monoisotopic (exact) mass is 382 g/mol. The lowest BCUT2D eigenvalue weighted by atomic mass is 10.2. The van der Waals surface area contributed by atoms with Crippen LogP contribution in [0, 0.1) is 0 Å². The zero-order valence-corrected chi connectivity index (χ0v) is 15.5. The van der Waals surface area contributed by atoms with Gasteiger partial charge in [-0.3, -0.25) is 9.36 Å². The van der Waals surface area contributed by atoms with Crippen LogP contribution in [-0.2, 0) is 0 Å².